The molecule has 0 fully saturated rings. The third-order valence-electron chi connectivity index (χ3n) is 2.27. The van der Waals surface area contributed by atoms with Gasteiger partial charge in [-0.05, 0) is 19.4 Å². The van der Waals surface area contributed by atoms with Crippen molar-refractivity contribution >= 4 is 0 Å². The molecule has 0 aliphatic carbocycles. The van der Waals surface area contributed by atoms with Gasteiger partial charge < -0.3 is 5.32 Å². The van der Waals surface area contributed by atoms with Crippen LogP contribution < -0.4 is 5.32 Å². The van der Waals surface area contributed by atoms with Crippen LogP contribution in [0.25, 0.3) is 0 Å². The maximum absolute atomic E-state index is 12.0. The average Bonchev–Trinajstić information content (AvgIpc) is 2.00. The van der Waals surface area contributed by atoms with Gasteiger partial charge in [-0.2, -0.15) is 13.2 Å². The normalized spacial score (nSPS) is 17.1. The summed E-state index contributed by atoms with van der Waals surface area (Å²) in [5.74, 6) is 0.347. The van der Waals surface area contributed by atoms with E-state index in [1.807, 2.05) is 13.8 Å². The summed E-state index contributed by atoms with van der Waals surface area (Å²) in [6.45, 7) is 3.96. The molecule has 4 heteroatoms. The van der Waals surface area contributed by atoms with Crippen molar-refractivity contribution in [3.8, 4) is 0 Å². The number of hydrogen-bond acceptors (Lipinski definition) is 1. The van der Waals surface area contributed by atoms with E-state index in [-0.39, 0.29) is 0 Å². The molecule has 0 rings (SSSR count). The van der Waals surface area contributed by atoms with Gasteiger partial charge >= 0.3 is 6.18 Å². The Morgan fingerprint density at radius 2 is 1.85 bits per heavy atom. The molecule has 0 aliphatic rings. The van der Waals surface area contributed by atoms with Crippen LogP contribution in [0.3, 0.4) is 0 Å². The van der Waals surface area contributed by atoms with E-state index in [9.17, 15) is 13.2 Å². The minimum atomic E-state index is -4.05. The van der Waals surface area contributed by atoms with Gasteiger partial charge in [-0.1, -0.05) is 20.3 Å². The first-order valence-electron chi connectivity index (χ1n) is 4.63. The topological polar surface area (TPSA) is 12.0 Å². The second-order valence-corrected chi connectivity index (χ2v) is 3.55. The highest BCUT2D eigenvalue weighted by atomic mass is 19.4. The maximum atomic E-state index is 12.0. The molecule has 0 aromatic rings. The lowest BCUT2D eigenvalue weighted by Crippen LogP contribution is -2.32. The maximum Gasteiger partial charge on any atom is 0.390 e. The Morgan fingerprint density at radius 1 is 1.31 bits per heavy atom. The van der Waals surface area contributed by atoms with E-state index in [1.54, 1.807) is 7.05 Å². The van der Waals surface area contributed by atoms with Gasteiger partial charge in [0, 0.05) is 6.04 Å². The molecule has 2 unspecified atom stereocenters. The Kier molecular flexibility index (Phi) is 5.37. The van der Waals surface area contributed by atoms with Crippen LogP contribution in [-0.4, -0.2) is 19.3 Å². The fourth-order valence-corrected chi connectivity index (χ4v) is 1.24. The van der Waals surface area contributed by atoms with Crippen LogP contribution >= 0.6 is 0 Å². The van der Waals surface area contributed by atoms with Crippen LogP contribution in [-0.2, 0) is 0 Å². The second kappa shape index (κ2) is 5.47. The van der Waals surface area contributed by atoms with E-state index in [4.69, 9.17) is 0 Å². The fourth-order valence-electron chi connectivity index (χ4n) is 1.24. The Bertz CT molecular complexity index is 133. The number of hydrogen-bond donors (Lipinski definition) is 1. The highest BCUT2D eigenvalue weighted by Gasteiger charge is 2.31. The van der Waals surface area contributed by atoms with Gasteiger partial charge in [-0.15, -0.1) is 0 Å². The molecule has 80 valence electrons. The molecule has 0 heterocycles. The van der Waals surface area contributed by atoms with Crippen molar-refractivity contribution in [3.63, 3.8) is 0 Å². The molecular weight excluding hydrogens is 179 g/mol. The Hall–Kier alpha value is -0.250. The summed E-state index contributed by atoms with van der Waals surface area (Å²) >= 11 is 0. The monoisotopic (exact) mass is 197 g/mol. The minimum Gasteiger partial charge on any atom is -0.317 e. The van der Waals surface area contributed by atoms with E-state index in [2.05, 4.69) is 5.32 Å². The summed E-state index contributed by atoms with van der Waals surface area (Å²) in [6, 6.07) is -0.435. The molecule has 13 heavy (non-hydrogen) atoms. The third-order valence-corrected chi connectivity index (χ3v) is 2.27. The largest absolute Gasteiger partial charge is 0.390 e. The van der Waals surface area contributed by atoms with Crippen LogP contribution in [0.4, 0.5) is 13.2 Å². The summed E-state index contributed by atoms with van der Waals surface area (Å²) in [6.07, 6.45) is -3.27. The van der Waals surface area contributed by atoms with Crippen LogP contribution in [0.15, 0.2) is 0 Å². The van der Waals surface area contributed by atoms with Crippen LogP contribution in [0.1, 0.15) is 33.1 Å². The molecule has 0 saturated carbocycles. The van der Waals surface area contributed by atoms with Crippen molar-refractivity contribution in [3.05, 3.63) is 0 Å². The Labute approximate surface area is 77.7 Å². The summed E-state index contributed by atoms with van der Waals surface area (Å²) in [7, 11) is 1.58. The van der Waals surface area contributed by atoms with Gasteiger partial charge in [0.1, 0.15) is 0 Å². The van der Waals surface area contributed by atoms with E-state index in [0.29, 0.717) is 12.3 Å². The number of alkyl halides is 3. The van der Waals surface area contributed by atoms with Crippen molar-refractivity contribution in [2.45, 2.75) is 45.3 Å². The van der Waals surface area contributed by atoms with Crippen molar-refractivity contribution < 1.29 is 13.2 Å². The lowest BCUT2D eigenvalue weighted by molar-refractivity contribution is -0.140. The first-order chi connectivity index (χ1) is 5.89. The molecule has 0 saturated heterocycles. The molecule has 0 radical (unpaired) electrons. The second-order valence-electron chi connectivity index (χ2n) is 3.55. The quantitative estimate of drug-likeness (QED) is 0.714. The molecule has 0 spiro atoms. The zero-order valence-corrected chi connectivity index (χ0v) is 8.41. The molecule has 0 aliphatic heterocycles. The molecule has 1 nitrogen and oxygen atoms in total. The minimum absolute atomic E-state index is 0.347. The highest BCUT2D eigenvalue weighted by Crippen LogP contribution is 2.24. The zero-order valence-electron chi connectivity index (χ0n) is 8.41. The Balaban J connectivity index is 3.89. The summed E-state index contributed by atoms with van der Waals surface area (Å²) in [5, 5.41) is 2.70. The van der Waals surface area contributed by atoms with Gasteiger partial charge in [-0.25, -0.2) is 0 Å². The van der Waals surface area contributed by atoms with Gasteiger partial charge in [0.2, 0.25) is 0 Å². The predicted molar refractivity (Wildman–Crippen MR) is 47.6 cm³/mol. The summed E-state index contributed by atoms with van der Waals surface area (Å²) in [5.41, 5.74) is 0. The average molecular weight is 197 g/mol. The first kappa shape index (κ1) is 12.8. The van der Waals surface area contributed by atoms with Crippen LogP contribution in [0, 0.1) is 5.92 Å². The molecule has 0 aromatic heterocycles. The molecule has 0 amide bonds. The predicted octanol–water partition coefficient (Wildman–Crippen LogP) is 2.96. The van der Waals surface area contributed by atoms with Gasteiger partial charge in [0.25, 0.3) is 0 Å². The van der Waals surface area contributed by atoms with Crippen molar-refractivity contribution in [1.29, 1.82) is 0 Å². The molecule has 2 atom stereocenters. The lowest BCUT2D eigenvalue weighted by Gasteiger charge is -2.20. The lowest BCUT2D eigenvalue weighted by atomic mass is 9.97. The van der Waals surface area contributed by atoms with Gasteiger partial charge in [0.15, 0.2) is 0 Å². The van der Waals surface area contributed by atoms with E-state index >= 15 is 0 Å². The molecular formula is C9H18F3N. The fraction of sp³-hybridized carbons (Fsp3) is 1.00. The van der Waals surface area contributed by atoms with Crippen molar-refractivity contribution in [2.75, 3.05) is 7.05 Å². The number of rotatable bonds is 5. The molecule has 0 aromatic carbocycles. The van der Waals surface area contributed by atoms with E-state index in [1.165, 1.54) is 0 Å². The first-order valence-corrected chi connectivity index (χ1v) is 4.63. The SMILES string of the molecule is CCC(C)CC(CC(F)(F)F)NC. The smallest absolute Gasteiger partial charge is 0.317 e. The van der Waals surface area contributed by atoms with E-state index < -0.39 is 18.6 Å². The van der Waals surface area contributed by atoms with Gasteiger partial charge in [-0.3, -0.25) is 0 Å². The van der Waals surface area contributed by atoms with Crippen molar-refractivity contribution in [1.82, 2.24) is 5.32 Å². The zero-order chi connectivity index (χ0) is 10.5. The highest BCUT2D eigenvalue weighted by molar-refractivity contribution is 4.71. The van der Waals surface area contributed by atoms with Crippen LogP contribution in [0.2, 0.25) is 0 Å². The van der Waals surface area contributed by atoms with E-state index in [0.717, 1.165) is 6.42 Å². The molecule has 1 N–H and O–H groups in total. The van der Waals surface area contributed by atoms with Crippen LogP contribution in [0.5, 0.6) is 0 Å². The summed E-state index contributed by atoms with van der Waals surface area (Å²) in [4.78, 5) is 0. The summed E-state index contributed by atoms with van der Waals surface area (Å²) < 4.78 is 36.0. The Morgan fingerprint density at radius 3 is 2.15 bits per heavy atom. The standard InChI is InChI=1S/C9H18F3N/c1-4-7(2)5-8(13-3)6-9(10,11)12/h7-8,13H,4-6H2,1-3H3. The molecule has 0 bridgehead atoms. The third kappa shape index (κ3) is 6.87. The van der Waals surface area contributed by atoms with Gasteiger partial charge in [0.05, 0.1) is 6.42 Å². The number of nitrogens with one attached hydrogen (secondary N) is 1. The van der Waals surface area contributed by atoms with Crippen molar-refractivity contribution in [2.24, 2.45) is 5.92 Å². The number of halogens is 3.